The highest BCUT2D eigenvalue weighted by Gasteiger charge is 2.30. The van der Waals surface area contributed by atoms with E-state index in [-0.39, 0.29) is 0 Å². The van der Waals surface area contributed by atoms with Crippen LogP contribution in [0.4, 0.5) is 0 Å². The van der Waals surface area contributed by atoms with E-state index in [2.05, 4.69) is 9.97 Å². The van der Waals surface area contributed by atoms with Crippen LogP contribution in [-0.4, -0.2) is 33.6 Å². The van der Waals surface area contributed by atoms with Gasteiger partial charge in [0.05, 0.1) is 11.8 Å². The molecule has 0 amide bonds. The van der Waals surface area contributed by atoms with E-state index in [4.69, 9.17) is 4.42 Å². The van der Waals surface area contributed by atoms with Crippen molar-refractivity contribution in [1.29, 1.82) is 0 Å². The van der Waals surface area contributed by atoms with Gasteiger partial charge >= 0.3 is 0 Å². The number of rotatable bonds is 3. The van der Waals surface area contributed by atoms with E-state index in [1.165, 1.54) is 0 Å². The Balaban J connectivity index is 1.93. The molecule has 3 rings (SSSR count). The van der Waals surface area contributed by atoms with Crippen molar-refractivity contribution in [3.8, 4) is 0 Å². The maximum absolute atomic E-state index is 10.7. The Bertz CT molecular complexity index is 687. The quantitative estimate of drug-likeness (QED) is 0.935. The molecule has 3 heterocycles. The van der Waals surface area contributed by atoms with Crippen LogP contribution in [0.2, 0.25) is 0 Å². The number of pyridine rings is 1. The minimum Gasteiger partial charge on any atom is -0.438 e. The molecule has 1 atom stereocenters. The van der Waals surface area contributed by atoms with Crippen LogP contribution in [0.1, 0.15) is 24.1 Å². The lowest BCUT2D eigenvalue weighted by Crippen LogP contribution is -2.22. The first-order valence-corrected chi connectivity index (χ1v) is 6.75. The Kier molecular flexibility index (Phi) is 3.35. The zero-order chi connectivity index (χ0) is 14.9. The first kappa shape index (κ1) is 13.6. The monoisotopic (exact) mass is 283 g/mol. The molecule has 0 radical (unpaired) electrons. The van der Waals surface area contributed by atoms with Crippen molar-refractivity contribution >= 4 is 5.57 Å². The number of aliphatic hydroxyl groups is 1. The molecule has 21 heavy (non-hydrogen) atoms. The van der Waals surface area contributed by atoms with Crippen molar-refractivity contribution in [3.05, 3.63) is 66.3 Å². The van der Waals surface area contributed by atoms with Gasteiger partial charge in [0.1, 0.15) is 5.60 Å². The molecule has 1 N–H and O–H groups in total. The Morgan fingerprint density at radius 2 is 2.10 bits per heavy atom. The fourth-order valence-electron chi connectivity index (χ4n) is 2.26. The zero-order valence-electron chi connectivity index (χ0n) is 12.0. The Labute approximate surface area is 123 Å². The predicted octanol–water partition coefficient (Wildman–Crippen LogP) is 2.17. The number of hydrogen-bond donors (Lipinski definition) is 1. The van der Waals surface area contributed by atoms with E-state index < -0.39 is 5.60 Å². The predicted molar refractivity (Wildman–Crippen MR) is 79.2 cm³/mol. The molecular weight excluding hydrogens is 266 g/mol. The van der Waals surface area contributed by atoms with Gasteiger partial charge in [-0.25, -0.2) is 4.98 Å². The highest BCUT2D eigenvalue weighted by molar-refractivity contribution is 5.69. The third kappa shape index (κ3) is 2.60. The summed E-state index contributed by atoms with van der Waals surface area (Å²) >= 11 is 0. The summed E-state index contributed by atoms with van der Waals surface area (Å²) in [4.78, 5) is 10.3. The van der Waals surface area contributed by atoms with Crippen molar-refractivity contribution in [2.75, 3.05) is 13.6 Å². The van der Waals surface area contributed by atoms with Crippen LogP contribution in [0.5, 0.6) is 0 Å². The summed E-state index contributed by atoms with van der Waals surface area (Å²) < 4.78 is 5.76. The maximum Gasteiger partial charge on any atom is 0.227 e. The summed E-state index contributed by atoms with van der Waals surface area (Å²) in [5, 5.41) is 10.7. The molecule has 1 aliphatic rings. The number of nitrogens with zero attached hydrogens (tertiary/aromatic N) is 3. The van der Waals surface area contributed by atoms with Crippen molar-refractivity contribution in [3.63, 3.8) is 0 Å². The molecule has 5 nitrogen and oxygen atoms in total. The number of hydrogen-bond acceptors (Lipinski definition) is 5. The molecule has 0 saturated carbocycles. The first-order valence-electron chi connectivity index (χ1n) is 6.75. The Hall–Kier alpha value is -2.40. The maximum atomic E-state index is 10.7. The lowest BCUT2D eigenvalue weighted by atomic mass is 9.95. The molecule has 0 bridgehead atoms. The molecule has 0 saturated heterocycles. The van der Waals surface area contributed by atoms with Gasteiger partial charge in [-0.05, 0) is 24.6 Å². The van der Waals surface area contributed by atoms with Gasteiger partial charge in [-0.2, -0.15) is 0 Å². The van der Waals surface area contributed by atoms with Crippen molar-refractivity contribution in [1.82, 2.24) is 14.9 Å². The molecule has 108 valence electrons. The fraction of sp³-hybridized carbons (Fsp3) is 0.250. The third-order valence-corrected chi connectivity index (χ3v) is 3.53. The number of likely N-dealkylation sites (N-methyl/N-ethyl adjacent to an activating group) is 1. The minimum absolute atomic E-state index is 0.409. The molecule has 2 aromatic heterocycles. The van der Waals surface area contributed by atoms with Gasteiger partial charge in [-0.3, -0.25) is 4.98 Å². The molecule has 0 aromatic carbocycles. The van der Waals surface area contributed by atoms with Gasteiger partial charge in [-0.15, -0.1) is 0 Å². The second-order valence-corrected chi connectivity index (χ2v) is 5.26. The van der Waals surface area contributed by atoms with E-state index >= 15 is 0 Å². The summed E-state index contributed by atoms with van der Waals surface area (Å²) in [6.07, 6.45) is 10.8. The zero-order valence-corrected chi connectivity index (χ0v) is 12.0. The van der Waals surface area contributed by atoms with Crippen LogP contribution in [0, 0.1) is 0 Å². The van der Waals surface area contributed by atoms with Gasteiger partial charge < -0.3 is 14.4 Å². The van der Waals surface area contributed by atoms with E-state index in [1.54, 1.807) is 37.6 Å². The normalized spacial score (nSPS) is 17.5. The molecule has 0 spiro atoms. The summed E-state index contributed by atoms with van der Waals surface area (Å²) in [7, 11) is 1.99. The van der Waals surface area contributed by atoms with Crippen molar-refractivity contribution in [2.45, 2.75) is 12.5 Å². The summed E-state index contributed by atoms with van der Waals surface area (Å²) in [6.45, 7) is 2.55. The molecule has 5 heteroatoms. The van der Waals surface area contributed by atoms with Crippen LogP contribution in [0.25, 0.3) is 5.57 Å². The standard InChI is InChI=1S/C16H17N3O2/c1-16(20,13-5-7-17-8-6-13)14-10-18-15(21-14)12-4-3-9-19(2)11-12/h3-8,10-11,20H,9H2,1-2H3. The Morgan fingerprint density at radius 3 is 2.81 bits per heavy atom. The average Bonchev–Trinajstić information content (AvgIpc) is 2.99. The smallest absolute Gasteiger partial charge is 0.227 e. The van der Waals surface area contributed by atoms with Crippen LogP contribution >= 0.6 is 0 Å². The van der Waals surface area contributed by atoms with Crippen molar-refractivity contribution < 1.29 is 9.52 Å². The molecule has 2 aromatic rings. The first-order chi connectivity index (χ1) is 10.1. The lowest BCUT2D eigenvalue weighted by Gasteiger charge is -2.20. The van der Waals surface area contributed by atoms with E-state index in [9.17, 15) is 5.11 Å². The van der Waals surface area contributed by atoms with Gasteiger partial charge in [0.15, 0.2) is 5.76 Å². The molecular formula is C16H17N3O2. The van der Waals surface area contributed by atoms with Crippen molar-refractivity contribution in [2.24, 2.45) is 0 Å². The van der Waals surface area contributed by atoms with Crippen LogP contribution in [0.15, 0.2) is 53.5 Å². The molecule has 1 unspecified atom stereocenters. The van der Waals surface area contributed by atoms with Gasteiger partial charge in [0, 0.05) is 32.2 Å². The lowest BCUT2D eigenvalue weighted by molar-refractivity contribution is 0.0763. The van der Waals surface area contributed by atoms with E-state index in [0.717, 1.165) is 12.1 Å². The molecule has 1 aliphatic heterocycles. The number of allylic oxidation sites excluding steroid dienone is 2. The van der Waals surface area contributed by atoms with Gasteiger partial charge in [-0.1, -0.05) is 12.2 Å². The van der Waals surface area contributed by atoms with E-state index in [0.29, 0.717) is 17.2 Å². The second-order valence-electron chi connectivity index (χ2n) is 5.26. The fourth-order valence-corrected chi connectivity index (χ4v) is 2.26. The second kappa shape index (κ2) is 5.18. The highest BCUT2D eigenvalue weighted by Crippen LogP contribution is 2.31. The minimum atomic E-state index is -1.24. The van der Waals surface area contributed by atoms with Crippen LogP contribution in [0.3, 0.4) is 0 Å². The number of aromatic nitrogens is 2. The largest absolute Gasteiger partial charge is 0.438 e. The van der Waals surface area contributed by atoms with Crippen LogP contribution in [-0.2, 0) is 5.60 Å². The summed E-state index contributed by atoms with van der Waals surface area (Å²) in [5.74, 6) is 0.911. The van der Waals surface area contributed by atoms with Gasteiger partial charge in [0.25, 0.3) is 0 Å². The SMILES string of the molecule is CN1C=C(c2ncc(C(C)(O)c3ccncc3)o2)C=CC1. The van der Waals surface area contributed by atoms with E-state index in [1.807, 2.05) is 30.3 Å². The van der Waals surface area contributed by atoms with Crippen LogP contribution < -0.4 is 0 Å². The number of oxazole rings is 1. The Morgan fingerprint density at radius 1 is 1.33 bits per heavy atom. The topological polar surface area (TPSA) is 62.4 Å². The summed E-state index contributed by atoms with van der Waals surface area (Å²) in [6, 6.07) is 3.52. The summed E-state index contributed by atoms with van der Waals surface area (Å²) in [5.41, 5.74) is 0.366. The van der Waals surface area contributed by atoms with Gasteiger partial charge in [0.2, 0.25) is 5.89 Å². The third-order valence-electron chi connectivity index (χ3n) is 3.53. The molecule has 0 fully saturated rings. The highest BCUT2D eigenvalue weighted by atomic mass is 16.4. The molecule has 0 aliphatic carbocycles. The average molecular weight is 283 g/mol.